The molecule has 1 saturated carbocycles. The first-order valence-electron chi connectivity index (χ1n) is 5.34. The van der Waals surface area contributed by atoms with Gasteiger partial charge in [-0.2, -0.15) is 0 Å². The first kappa shape index (κ1) is 12.6. The Hall–Kier alpha value is -0.870. The van der Waals surface area contributed by atoms with Crippen LogP contribution in [0.1, 0.15) is 18.4 Å². The Bertz CT molecular complexity index is 429. The van der Waals surface area contributed by atoms with Gasteiger partial charge in [-0.15, -0.1) is 0 Å². The summed E-state index contributed by atoms with van der Waals surface area (Å²) in [5, 5.41) is 0.467. The molecule has 17 heavy (non-hydrogen) atoms. The van der Waals surface area contributed by atoms with E-state index in [0.29, 0.717) is 10.8 Å². The van der Waals surface area contributed by atoms with E-state index in [9.17, 15) is 8.78 Å². The monoisotopic (exact) mass is 261 g/mol. The van der Waals surface area contributed by atoms with Crippen LogP contribution in [0.25, 0.3) is 0 Å². The first-order valence-corrected chi connectivity index (χ1v) is 5.72. The summed E-state index contributed by atoms with van der Waals surface area (Å²) < 4.78 is 31.2. The predicted molar refractivity (Wildman–Crippen MR) is 62.9 cm³/mol. The fourth-order valence-electron chi connectivity index (χ4n) is 2.39. The third-order valence-electron chi connectivity index (χ3n) is 3.35. The number of benzene rings is 1. The van der Waals surface area contributed by atoms with Gasteiger partial charge in [0, 0.05) is 24.8 Å². The summed E-state index contributed by atoms with van der Waals surface area (Å²) in [4.78, 5) is 0. The Morgan fingerprint density at radius 2 is 2.06 bits per heavy atom. The average molecular weight is 262 g/mol. The standard InChI is InChI=1S/C12H14ClF2NO/c1-17-10-4-8(2-3-9(10)13)11(7-16)5-12(14,15)6-11/h2-4H,5-7,16H2,1H3. The van der Waals surface area contributed by atoms with Gasteiger partial charge < -0.3 is 10.5 Å². The van der Waals surface area contributed by atoms with Crippen molar-refractivity contribution in [3.05, 3.63) is 28.8 Å². The summed E-state index contributed by atoms with van der Waals surface area (Å²) in [7, 11) is 1.50. The molecule has 0 aliphatic heterocycles. The first-order chi connectivity index (χ1) is 7.92. The molecule has 0 radical (unpaired) electrons. The van der Waals surface area contributed by atoms with Gasteiger partial charge in [-0.1, -0.05) is 17.7 Å². The second kappa shape index (κ2) is 4.10. The van der Waals surface area contributed by atoms with Gasteiger partial charge in [-0.05, 0) is 17.7 Å². The topological polar surface area (TPSA) is 35.2 Å². The molecule has 94 valence electrons. The van der Waals surface area contributed by atoms with E-state index < -0.39 is 11.3 Å². The third kappa shape index (κ3) is 2.11. The second-order valence-corrected chi connectivity index (χ2v) is 4.95. The van der Waals surface area contributed by atoms with E-state index >= 15 is 0 Å². The zero-order valence-corrected chi connectivity index (χ0v) is 10.2. The van der Waals surface area contributed by atoms with Crippen LogP contribution in [-0.2, 0) is 5.41 Å². The lowest BCUT2D eigenvalue weighted by molar-refractivity contribution is -0.123. The largest absolute Gasteiger partial charge is 0.495 e. The molecule has 1 aliphatic carbocycles. The molecule has 0 saturated heterocycles. The molecular formula is C12H14ClF2NO. The van der Waals surface area contributed by atoms with Crippen LogP contribution in [0.5, 0.6) is 5.75 Å². The zero-order valence-electron chi connectivity index (χ0n) is 9.47. The van der Waals surface area contributed by atoms with Crippen LogP contribution in [0.4, 0.5) is 8.78 Å². The summed E-state index contributed by atoms with van der Waals surface area (Å²) >= 11 is 5.90. The van der Waals surface area contributed by atoms with Crippen molar-refractivity contribution in [3.8, 4) is 5.75 Å². The lowest BCUT2D eigenvalue weighted by Crippen LogP contribution is -2.53. The Morgan fingerprint density at radius 1 is 1.41 bits per heavy atom. The Morgan fingerprint density at radius 3 is 2.53 bits per heavy atom. The van der Waals surface area contributed by atoms with Gasteiger partial charge in [-0.3, -0.25) is 0 Å². The molecule has 1 fully saturated rings. The summed E-state index contributed by atoms with van der Waals surface area (Å²) in [5.74, 6) is -2.11. The van der Waals surface area contributed by atoms with E-state index in [2.05, 4.69) is 0 Å². The van der Waals surface area contributed by atoms with Crippen LogP contribution in [0.3, 0.4) is 0 Å². The third-order valence-corrected chi connectivity index (χ3v) is 3.66. The van der Waals surface area contributed by atoms with Crippen molar-refractivity contribution in [1.82, 2.24) is 0 Å². The van der Waals surface area contributed by atoms with Crippen molar-refractivity contribution in [2.24, 2.45) is 5.73 Å². The highest BCUT2D eigenvalue weighted by atomic mass is 35.5. The van der Waals surface area contributed by atoms with Crippen LogP contribution in [0.15, 0.2) is 18.2 Å². The highest BCUT2D eigenvalue weighted by Crippen LogP contribution is 2.53. The second-order valence-electron chi connectivity index (χ2n) is 4.54. The van der Waals surface area contributed by atoms with E-state index in [0.717, 1.165) is 5.56 Å². The minimum absolute atomic E-state index is 0.202. The number of alkyl halides is 2. The molecule has 1 aliphatic rings. The molecule has 0 unspecified atom stereocenters. The van der Waals surface area contributed by atoms with Gasteiger partial charge in [0.05, 0.1) is 12.1 Å². The zero-order chi connectivity index (χ0) is 12.7. The van der Waals surface area contributed by atoms with Gasteiger partial charge in [0.2, 0.25) is 5.92 Å². The predicted octanol–water partition coefficient (Wildman–Crippen LogP) is 2.97. The van der Waals surface area contributed by atoms with Crippen LogP contribution in [0.2, 0.25) is 5.02 Å². The molecule has 0 aromatic heterocycles. The Labute approximate surface area is 104 Å². The molecule has 0 bridgehead atoms. The SMILES string of the molecule is COc1cc(C2(CN)CC(F)(F)C2)ccc1Cl. The maximum absolute atomic E-state index is 13.1. The van der Waals surface area contributed by atoms with Crippen molar-refractivity contribution in [2.45, 2.75) is 24.2 Å². The number of rotatable bonds is 3. The van der Waals surface area contributed by atoms with Gasteiger partial charge in [0.25, 0.3) is 0 Å². The van der Waals surface area contributed by atoms with Gasteiger partial charge >= 0.3 is 0 Å². The number of ether oxygens (including phenoxy) is 1. The van der Waals surface area contributed by atoms with E-state index in [1.54, 1.807) is 18.2 Å². The minimum atomic E-state index is -2.60. The Kier molecular flexibility index (Phi) is 3.04. The van der Waals surface area contributed by atoms with Gasteiger partial charge in [0.15, 0.2) is 0 Å². The smallest absolute Gasteiger partial charge is 0.250 e. The van der Waals surface area contributed by atoms with Crippen LogP contribution in [0, 0.1) is 0 Å². The molecule has 2 nitrogen and oxygen atoms in total. The summed E-state index contributed by atoms with van der Waals surface area (Å²) in [6.07, 6.45) is -0.414. The van der Waals surface area contributed by atoms with E-state index in [1.807, 2.05) is 0 Å². The molecule has 0 amide bonds. The fourth-order valence-corrected chi connectivity index (χ4v) is 2.59. The van der Waals surface area contributed by atoms with E-state index in [1.165, 1.54) is 7.11 Å². The summed E-state index contributed by atoms with van der Waals surface area (Å²) in [5.41, 5.74) is 5.78. The lowest BCUT2D eigenvalue weighted by Gasteiger charge is -2.47. The van der Waals surface area contributed by atoms with E-state index in [4.69, 9.17) is 22.1 Å². The van der Waals surface area contributed by atoms with Crippen molar-refractivity contribution < 1.29 is 13.5 Å². The maximum atomic E-state index is 13.1. The number of hydrogen-bond donors (Lipinski definition) is 1. The molecule has 1 aromatic rings. The van der Waals surface area contributed by atoms with Crippen LogP contribution >= 0.6 is 11.6 Å². The van der Waals surface area contributed by atoms with Crippen molar-refractivity contribution in [2.75, 3.05) is 13.7 Å². The molecule has 5 heteroatoms. The summed E-state index contributed by atoms with van der Waals surface area (Å²) in [6, 6.07) is 5.10. The molecule has 0 spiro atoms. The number of hydrogen-bond acceptors (Lipinski definition) is 2. The number of methoxy groups -OCH3 is 1. The maximum Gasteiger partial charge on any atom is 0.250 e. The summed E-state index contributed by atoms with van der Waals surface area (Å²) in [6.45, 7) is 0.202. The Balaban J connectivity index is 2.33. The van der Waals surface area contributed by atoms with Gasteiger partial charge in [-0.25, -0.2) is 8.78 Å². The molecule has 1 aromatic carbocycles. The molecular weight excluding hydrogens is 248 g/mol. The van der Waals surface area contributed by atoms with Crippen molar-refractivity contribution >= 4 is 11.6 Å². The number of halogens is 3. The highest BCUT2D eigenvalue weighted by Gasteiger charge is 2.56. The highest BCUT2D eigenvalue weighted by molar-refractivity contribution is 6.32. The lowest BCUT2D eigenvalue weighted by atomic mass is 9.62. The van der Waals surface area contributed by atoms with Gasteiger partial charge in [0.1, 0.15) is 5.75 Å². The average Bonchev–Trinajstić information content (AvgIpc) is 2.26. The quantitative estimate of drug-likeness (QED) is 0.908. The molecule has 0 heterocycles. The van der Waals surface area contributed by atoms with Crippen LogP contribution in [-0.4, -0.2) is 19.6 Å². The van der Waals surface area contributed by atoms with Crippen molar-refractivity contribution in [3.63, 3.8) is 0 Å². The molecule has 2 rings (SSSR count). The van der Waals surface area contributed by atoms with Crippen LogP contribution < -0.4 is 10.5 Å². The molecule has 2 N–H and O–H groups in total. The fraction of sp³-hybridized carbons (Fsp3) is 0.500. The number of nitrogens with two attached hydrogens (primary N) is 1. The normalized spacial score (nSPS) is 20.8. The molecule has 0 atom stereocenters. The minimum Gasteiger partial charge on any atom is -0.495 e. The van der Waals surface area contributed by atoms with Crippen molar-refractivity contribution in [1.29, 1.82) is 0 Å². The van der Waals surface area contributed by atoms with E-state index in [-0.39, 0.29) is 19.4 Å².